The largest absolute Gasteiger partial charge is 0.494 e. The summed E-state index contributed by atoms with van der Waals surface area (Å²) in [5, 5.41) is 2.65. The molecule has 8 heteroatoms. The second-order valence-corrected chi connectivity index (χ2v) is 7.65. The molecule has 26 heavy (non-hydrogen) atoms. The smallest absolute Gasteiger partial charge is 0.239 e. The molecule has 0 aromatic heterocycles. The van der Waals surface area contributed by atoms with Crippen LogP contribution in [0.4, 0.5) is 10.1 Å². The van der Waals surface area contributed by atoms with Crippen LogP contribution in [0.25, 0.3) is 0 Å². The minimum Gasteiger partial charge on any atom is -0.494 e. The first kappa shape index (κ1) is 19.9. The van der Waals surface area contributed by atoms with Crippen molar-refractivity contribution in [2.45, 2.75) is 13.5 Å². The monoisotopic (exact) mass is 380 g/mol. The lowest BCUT2D eigenvalue weighted by molar-refractivity contribution is -0.116. The zero-order valence-electron chi connectivity index (χ0n) is 14.6. The minimum atomic E-state index is -3.62. The predicted octanol–water partition coefficient (Wildman–Crippen LogP) is 2.62. The summed E-state index contributed by atoms with van der Waals surface area (Å²) in [5.74, 6) is -0.200. The van der Waals surface area contributed by atoms with Crippen LogP contribution in [0.5, 0.6) is 5.75 Å². The normalized spacial score (nSPS) is 11.4. The SMILES string of the molecule is CCOc1ccc(NC(=O)CN(Cc2ccc(F)cc2)S(C)(=O)=O)cc1. The molecule has 1 amide bonds. The fraction of sp³-hybridized carbons (Fsp3) is 0.278. The molecule has 2 rings (SSSR count). The maximum Gasteiger partial charge on any atom is 0.239 e. The van der Waals surface area contributed by atoms with Crippen LogP contribution in [0.2, 0.25) is 0 Å². The van der Waals surface area contributed by atoms with Crippen LogP contribution < -0.4 is 10.1 Å². The Bertz CT molecular complexity index is 836. The van der Waals surface area contributed by atoms with Gasteiger partial charge < -0.3 is 10.1 Å². The van der Waals surface area contributed by atoms with Gasteiger partial charge in [-0.15, -0.1) is 0 Å². The van der Waals surface area contributed by atoms with Gasteiger partial charge in [0, 0.05) is 12.2 Å². The lowest BCUT2D eigenvalue weighted by Crippen LogP contribution is -2.36. The fourth-order valence-corrected chi connectivity index (χ4v) is 2.98. The first-order valence-corrected chi connectivity index (χ1v) is 9.85. The van der Waals surface area contributed by atoms with E-state index in [0.29, 0.717) is 23.6 Å². The Morgan fingerprint density at radius 2 is 1.73 bits per heavy atom. The quantitative estimate of drug-likeness (QED) is 0.764. The first-order valence-electron chi connectivity index (χ1n) is 8.00. The van der Waals surface area contributed by atoms with E-state index in [1.807, 2.05) is 6.92 Å². The van der Waals surface area contributed by atoms with Crippen molar-refractivity contribution in [3.05, 3.63) is 59.9 Å². The molecule has 1 N–H and O–H groups in total. The molecular formula is C18H21FN2O4S. The molecule has 0 aliphatic carbocycles. The third kappa shape index (κ3) is 6.12. The zero-order valence-corrected chi connectivity index (χ0v) is 15.4. The molecule has 140 valence electrons. The van der Waals surface area contributed by atoms with Crippen molar-refractivity contribution >= 4 is 21.6 Å². The third-order valence-corrected chi connectivity index (χ3v) is 4.71. The van der Waals surface area contributed by atoms with Crippen molar-refractivity contribution in [3.8, 4) is 5.75 Å². The van der Waals surface area contributed by atoms with E-state index in [9.17, 15) is 17.6 Å². The maximum atomic E-state index is 13.0. The van der Waals surface area contributed by atoms with Gasteiger partial charge in [-0.3, -0.25) is 4.79 Å². The molecule has 0 bridgehead atoms. The second kappa shape index (κ2) is 8.77. The molecule has 0 aliphatic heterocycles. The van der Waals surface area contributed by atoms with E-state index in [2.05, 4.69) is 5.32 Å². The van der Waals surface area contributed by atoms with Gasteiger partial charge in [0.25, 0.3) is 0 Å². The highest BCUT2D eigenvalue weighted by Gasteiger charge is 2.20. The Balaban J connectivity index is 2.03. The highest BCUT2D eigenvalue weighted by atomic mass is 32.2. The van der Waals surface area contributed by atoms with Crippen molar-refractivity contribution in [2.75, 3.05) is 24.7 Å². The highest BCUT2D eigenvalue weighted by Crippen LogP contribution is 2.16. The molecule has 2 aromatic carbocycles. The molecule has 0 spiro atoms. The number of carbonyl (C=O) groups excluding carboxylic acids is 1. The molecule has 6 nitrogen and oxygen atoms in total. The number of ether oxygens (including phenoxy) is 1. The minimum absolute atomic E-state index is 0.0180. The van der Waals surface area contributed by atoms with Crippen LogP contribution in [0.15, 0.2) is 48.5 Å². The average molecular weight is 380 g/mol. The molecule has 0 radical (unpaired) electrons. The van der Waals surface area contributed by atoms with E-state index in [1.54, 1.807) is 24.3 Å². The molecule has 0 heterocycles. The van der Waals surface area contributed by atoms with Crippen molar-refractivity contribution in [3.63, 3.8) is 0 Å². The van der Waals surface area contributed by atoms with Crippen LogP contribution in [0.3, 0.4) is 0 Å². The summed E-state index contributed by atoms with van der Waals surface area (Å²) in [6, 6.07) is 12.2. The summed E-state index contributed by atoms with van der Waals surface area (Å²) >= 11 is 0. The Hall–Kier alpha value is -2.45. The predicted molar refractivity (Wildman–Crippen MR) is 97.9 cm³/mol. The van der Waals surface area contributed by atoms with Gasteiger partial charge in [0.2, 0.25) is 15.9 Å². The van der Waals surface area contributed by atoms with E-state index in [4.69, 9.17) is 4.74 Å². The van der Waals surface area contributed by atoms with Gasteiger partial charge in [0.1, 0.15) is 11.6 Å². The van der Waals surface area contributed by atoms with Gasteiger partial charge in [-0.2, -0.15) is 4.31 Å². The van der Waals surface area contributed by atoms with E-state index >= 15 is 0 Å². The van der Waals surface area contributed by atoms with Crippen LogP contribution in [-0.2, 0) is 21.4 Å². The average Bonchev–Trinajstić information content (AvgIpc) is 2.57. The number of rotatable bonds is 8. The molecule has 0 fully saturated rings. The number of hydrogen-bond acceptors (Lipinski definition) is 4. The fourth-order valence-electron chi connectivity index (χ4n) is 2.25. The van der Waals surface area contributed by atoms with E-state index in [-0.39, 0.29) is 13.1 Å². The first-order chi connectivity index (χ1) is 12.3. The van der Waals surface area contributed by atoms with Crippen molar-refractivity contribution in [1.82, 2.24) is 4.31 Å². The van der Waals surface area contributed by atoms with E-state index in [0.717, 1.165) is 10.6 Å². The van der Waals surface area contributed by atoms with Crippen LogP contribution in [0.1, 0.15) is 12.5 Å². The number of hydrogen-bond donors (Lipinski definition) is 1. The van der Waals surface area contributed by atoms with Gasteiger partial charge in [-0.25, -0.2) is 12.8 Å². The van der Waals surface area contributed by atoms with Crippen molar-refractivity contribution < 1.29 is 22.3 Å². The molecule has 0 aliphatic rings. The Kier molecular flexibility index (Phi) is 6.70. The van der Waals surface area contributed by atoms with Gasteiger partial charge in [-0.05, 0) is 48.9 Å². The van der Waals surface area contributed by atoms with Gasteiger partial charge in [-0.1, -0.05) is 12.1 Å². The van der Waals surface area contributed by atoms with Crippen molar-refractivity contribution in [1.29, 1.82) is 0 Å². The Morgan fingerprint density at radius 1 is 1.12 bits per heavy atom. The highest BCUT2D eigenvalue weighted by molar-refractivity contribution is 7.88. The summed E-state index contributed by atoms with van der Waals surface area (Å²) in [6.07, 6.45) is 1.03. The number of carbonyl (C=O) groups is 1. The van der Waals surface area contributed by atoms with Crippen LogP contribution >= 0.6 is 0 Å². The number of nitrogens with zero attached hydrogens (tertiary/aromatic N) is 1. The van der Waals surface area contributed by atoms with Gasteiger partial charge in [0.15, 0.2) is 0 Å². The summed E-state index contributed by atoms with van der Waals surface area (Å²) in [4.78, 5) is 12.2. The van der Waals surface area contributed by atoms with Crippen LogP contribution in [0, 0.1) is 5.82 Å². The molecule has 2 aromatic rings. The molecular weight excluding hydrogens is 359 g/mol. The number of benzene rings is 2. The topological polar surface area (TPSA) is 75.7 Å². The number of sulfonamides is 1. The molecule has 0 saturated carbocycles. The second-order valence-electron chi connectivity index (χ2n) is 5.66. The summed E-state index contributed by atoms with van der Waals surface area (Å²) in [5.41, 5.74) is 1.12. The number of nitrogens with one attached hydrogen (secondary N) is 1. The zero-order chi connectivity index (χ0) is 19.2. The van der Waals surface area contributed by atoms with E-state index < -0.39 is 21.7 Å². The molecule has 0 saturated heterocycles. The van der Waals surface area contributed by atoms with Crippen molar-refractivity contribution in [2.24, 2.45) is 0 Å². The molecule has 0 atom stereocenters. The number of amides is 1. The van der Waals surface area contributed by atoms with Gasteiger partial charge >= 0.3 is 0 Å². The van der Waals surface area contributed by atoms with E-state index in [1.165, 1.54) is 24.3 Å². The number of halogens is 1. The summed E-state index contributed by atoms with van der Waals surface area (Å²) in [6.45, 7) is 2.05. The third-order valence-electron chi connectivity index (χ3n) is 3.51. The lowest BCUT2D eigenvalue weighted by Gasteiger charge is -2.19. The van der Waals surface area contributed by atoms with Crippen LogP contribution in [-0.4, -0.2) is 38.0 Å². The molecule has 0 unspecified atom stereocenters. The Labute approximate surface area is 152 Å². The number of anilines is 1. The lowest BCUT2D eigenvalue weighted by atomic mass is 10.2. The standard InChI is InChI=1S/C18H21FN2O4S/c1-3-25-17-10-8-16(9-11-17)20-18(22)13-21(26(2,23)24)12-14-4-6-15(19)7-5-14/h4-11H,3,12-13H2,1-2H3,(H,20,22). The van der Waals surface area contributed by atoms with Gasteiger partial charge in [0.05, 0.1) is 19.4 Å². The Morgan fingerprint density at radius 3 is 2.27 bits per heavy atom. The maximum absolute atomic E-state index is 13.0. The summed E-state index contributed by atoms with van der Waals surface area (Å²) < 4.78 is 43.3. The summed E-state index contributed by atoms with van der Waals surface area (Å²) in [7, 11) is -3.62.